The van der Waals surface area contributed by atoms with Crippen molar-refractivity contribution in [3.05, 3.63) is 11.9 Å². The van der Waals surface area contributed by atoms with Crippen molar-refractivity contribution in [3.63, 3.8) is 0 Å². The van der Waals surface area contributed by atoms with Crippen molar-refractivity contribution in [1.82, 2.24) is 9.55 Å². The summed E-state index contributed by atoms with van der Waals surface area (Å²) in [5.74, 6) is -0.780. The third-order valence-electron chi connectivity index (χ3n) is 3.23. The van der Waals surface area contributed by atoms with Gasteiger partial charge in [0.1, 0.15) is 0 Å². The van der Waals surface area contributed by atoms with Gasteiger partial charge in [-0.2, -0.15) is 0 Å². The van der Waals surface area contributed by atoms with Gasteiger partial charge in [-0.05, 0) is 19.8 Å². The first-order valence-corrected chi connectivity index (χ1v) is 7.05. The second kappa shape index (κ2) is 5.32. The number of rotatable bonds is 5. The maximum absolute atomic E-state index is 10.7. The van der Waals surface area contributed by atoms with Crippen LogP contribution in [0.1, 0.15) is 26.0 Å². The van der Waals surface area contributed by atoms with Gasteiger partial charge in [0.2, 0.25) is 0 Å². The zero-order valence-corrected chi connectivity index (χ0v) is 11.5. The Hall–Kier alpha value is -1.01. The first kappa shape index (κ1) is 13.4. The molecule has 0 saturated carbocycles. The van der Waals surface area contributed by atoms with E-state index in [0.717, 1.165) is 30.3 Å². The quantitative estimate of drug-likeness (QED) is 0.826. The third-order valence-corrected chi connectivity index (χ3v) is 4.16. The number of carbonyl (C=O) groups is 1. The lowest BCUT2D eigenvalue weighted by Crippen LogP contribution is -2.32. The average Bonchev–Trinajstić information content (AvgIpc) is 2.92. The number of aromatic nitrogens is 2. The number of carboxylic acids is 1. The minimum Gasteiger partial charge on any atom is -0.481 e. The molecular weight excluding hydrogens is 252 g/mol. The predicted octanol–water partition coefficient (Wildman–Crippen LogP) is 1.76. The molecule has 1 atom stereocenters. The van der Waals surface area contributed by atoms with Crippen LogP contribution in [0.4, 0.5) is 0 Å². The van der Waals surface area contributed by atoms with Crippen molar-refractivity contribution in [2.75, 3.05) is 19.0 Å². The molecule has 0 aromatic carbocycles. The summed E-state index contributed by atoms with van der Waals surface area (Å²) in [6, 6.07) is 0. The number of carboxylic acid groups (broad SMARTS) is 1. The van der Waals surface area contributed by atoms with Gasteiger partial charge in [-0.25, -0.2) is 4.98 Å². The third kappa shape index (κ3) is 2.54. The van der Waals surface area contributed by atoms with Crippen LogP contribution in [0, 0.1) is 0 Å². The maximum atomic E-state index is 10.7. The Balaban J connectivity index is 2.30. The van der Waals surface area contributed by atoms with Gasteiger partial charge in [0.25, 0.3) is 0 Å². The van der Waals surface area contributed by atoms with E-state index in [9.17, 15) is 4.79 Å². The van der Waals surface area contributed by atoms with E-state index in [0.29, 0.717) is 6.61 Å². The minimum atomic E-state index is -0.819. The van der Waals surface area contributed by atoms with Gasteiger partial charge in [0, 0.05) is 18.5 Å². The number of hydrogen-bond donors (Lipinski definition) is 1. The van der Waals surface area contributed by atoms with E-state index in [-0.39, 0.29) is 11.3 Å². The molecule has 1 fully saturated rings. The molecule has 1 unspecified atom stereocenters. The Morgan fingerprint density at radius 2 is 2.50 bits per heavy atom. The van der Waals surface area contributed by atoms with E-state index in [1.54, 1.807) is 0 Å². The van der Waals surface area contributed by atoms with Gasteiger partial charge in [0.05, 0.1) is 17.9 Å². The van der Waals surface area contributed by atoms with Gasteiger partial charge >= 0.3 is 5.97 Å². The summed E-state index contributed by atoms with van der Waals surface area (Å²) in [7, 11) is 0. The Labute approximate surface area is 111 Å². The van der Waals surface area contributed by atoms with E-state index < -0.39 is 5.97 Å². The van der Waals surface area contributed by atoms with Crippen molar-refractivity contribution >= 4 is 17.7 Å². The molecule has 2 rings (SSSR count). The highest BCUT2D eigenvalue weighted by atomic mass is 32.2. The molecule has 1 aromatic heterocycles. The molecule has 2 heterocycles. The van der Waals surface area contributed by atoms with Crippen LogP contribution in [0.2, 0.25) is 0 Å². The van der Waals surface area contributed by atoms with Crippen molar-refractivity contribution in [2.24, 2.45) is 0 Å². The molecule has 1 N–H and O–H groups in total. The molecule has 0 radical (unpaired) electrons. The molecule has 0 spiro atoms. The summed E-state index contributed by atoms with van der Waals surface area (Å²) in [6.07, 6.45) is 3.67. The fourth-order valence-electron chi connectivity index (χ4n) is 2.26. The number of imidazole rings is 1. The molecule has 6 heteroatoms. The van der Waals surface area contributed by atoms with Crippen molar-refractivity contribution in [2.45, 2.75) is 37.4 Å². The second-order valence-corrected chi connectivity index (χ2v) is 5.65. The monoisotopic (exact) mass is 270 g/mol. The van der Waals surface area contributed by atoms with Gasteiger partial charge < -0.3 is 14.4 Å². The maximum Gasteiger partial charge on any atom is 0.313 e. The Morgan fingerprint density at radius 3 is 3.06 bits per heavy atom. The number of ether oxygens (including phenoxy) is 1. The van der Waals surface area contributed by atoms with Crippen LogP contribution in [0.25, 0.3) is 0 Å². The largest absolute Gasteiger partial charge is 0.481 e. The first-order valence-electron chi connectivity index (χ1n) is 6.06. The summed E-state index contributed by atoms with van der Waals surface area (Å²) in [6.45, 7) is 5.64. The Bertz CT molecular complexity index is 439. The molecule has 5 nitrogen and oxygen atoms in total. The van der Waals surface area contributed by atoms with Crippen LogP contribution in [0.3, 0.4) is 0 Å². The predicted molar refractivity (Wildman–Crippen MR) is 69.0 cm³/mol. The van der Waals surface area contributed by atoms with Crippen LogP contribution in [-0.4, -0.2) is 39.6 Å². The summed E-state index contributed by atoms with van der Waals surface area (Å²) >= 11 is 1.27. The molecule has 0 amide bonds. The van der Waals surface area contributed by atoms with Crippen LogP contribution in [0.15, 0.2) is 11.4 Å². The SMILES string of the molecule is CCc1cnc(SCC(=O)O)n1C1(C)CCOC1. The molecule has 100 valence electrons. The van der Waals surface area contributed by atoms with Gasteiger partial charge in [-0.1, -0.05) is 18.7 Å². The first-order chi connectivity index (χ1) is 8.57. The summed E-state index contributed by atoms with van der Waals surface area (Å²) in [5, 5.41) is 9.56. The zero-order valence-electron chi connectivity index (χ0n) is 10.7. The van der Waals surface area contributed by atoms with E-state index in [2.05, 4.69) is 23.4 Å². The Morgan fingerprint density at radius 1 is 1.72 bits per heavy atom. The number of aryl methyl sites for hydroxylation is 1. The van der Waals surface area contributed by atoms with E-state index in [4.69, 9.17) is 9.84 Å². The lowest BCUT2D eigenvalue weighted by molar-refractivity contribution is -0.133. The molecule has 1 aliphatic rings. The fraction of sp³-hybridized carbons (Fsp3) is 0.667. The highest BCUT2D eigenvalue weighted by Gasteiger charge is 2.35. The molecule has 1 aromatic rings. The van der Waals surface area contributed by atoms with Gasteiger partial charge in [-0.15, -0.1) is 0 Å². The van der Waals surface area contributed by atoms with Crippen LogP contribution in [-0.2, 0) is 21.5 Å². The van der Waals surface area contributed by atoms with Crippen LogP contribution >= 0.6 is 11.8 Å². The molecule has 1 aliphatic heterocycles. The highest BCUT2D eigenvalue weighted by molar-refractivity contribution is 7.99. The minimum absolute atomic E-state index is 0.0388. The summed E-state index contributed by atoms with van der Waals surface area (Å²) < 4.78 is 7.65. The second-order valence-electron chi connectivity index (χ2n) is 4.70. The standard InChI is InChI=1S/C12H18N2O3S/c1-3-9-6-13-11(18-7-10(15)16)14(9)12(2)4-5-17-8-12/h6H,3-5,7-8H2,1-2H3,(H,15,16). The summed E-state index contributed by atoms with van der Waals surface area (Å²) in [5.41, 5.74) is 1.04. The number of nitrogens with zero attached hydrogens (tertiary/aromatic N) is 2. The highest BCUT2D eigenvalue weighted by Crippen LogP contribution is 2.33. The van der Waals surface area contributed by atoms with E-state index in [1.807, 2.05) is 6.20 Å². The topological polar surface area (TPSA) is 64.3 Å². The van der Waals surface area contributed by atoms with Crippen molar-refractivity contribution < 1.29 is 14.6 Å². The van der Waals surface area contributed by atoms with Crippen molar-refractivity contribution in [1.29, 1.82) is 0 Å². The van der Waals surface area contributed by atoms with Gasteiger partial charge in [-0.3, -0.25) is 4.79 Å². The van der Waals surface area contributed by atoms with E-state index >= 15 is 0 Å². The van der Waals surface area contributed by atoms with Crippen LogP contribution in [0.5, 0.6) is 0 Å². The zero-order chi connectivity index (χ0) is 13.2. The molecular formula is C12H18N2O3S. The van der Waals surface area contributed by atoms with Crippen LogP contribution < -0.4 is 0 Å². The number of aliphatic carboxylic acids is 1. The van der Waals surface area contributed by atoms with Gasteiger partial charge in [0.15, 0.2) is 5.16 Å². The lowest BCUT2D eigenvalue weighted by atomic mass is 10.0. The smallest absolute Gasteiger partial charge is 0.313 e. The van der Waals surface area contributed by atoms with E-state index in [1.165, 1.54) is 11.8 Å². The Kier molecular flexibility index (Phi) is 3.97. The number of thioether (sulfide) groups is 1. The number of hydrogen-bond acceptors (Lipinski definition) is 4. The molecule has 0 bridgehead atoms. The fourth-order valence-corrected chi connectivity index (χ4v) is 3.10. The summed E-state index contributed by atoms with van der Waals surface area (Å²) in [4.78, 5) is 15.0. The molecule has 1 saturated heterocycles. The lowest BCUT2D eigenvalue weighted by Gasteiger charge is -2.28. The molecule has 0 aliphatic carbocycles. The average molecular weight is 270 g/mol. The molecule has 18 heavy (non-hydrogen) atoms. The van der Waals surface area contributed by atoms with Crippen molar-refractivity contribution in [3.8, 4) is 0 Å². The normalized spacial score (nSPS) is 23.4.